The van der Waals surface area contributed by atoms with Gasteiger partial charge in [-0.25, -0.2) is 9.97 Å². The molecule has 11 aromatic carbocycles. The Morgan fingerprint density at radius 2 is 0.828 bits per heavy atom. The van der Waals surface area contributed by atoms with Crippen LogP contribution in [0.15, 0.2) is 218 Å². The van der Waals surface area contributed by atoms with Crippen molar-refractivity contribution in [3.8, 4) is 34.0 Å². The Morgan fingerprint density at radius 1 is 0.281 bits per heavy atom. The topological polar surface area (TPSA) is 35.6 Å². The van der Waals surface area contributed by atoms with Gasteiger partial charge in [0.15, 0.2) is 5.82 Å². The second-order valence-corrected chi connectivity index (χ2v) is 16.9. The maximum absolute atomic E-state index is 5.54. The Labute approximate surface area is 367 Å². The molecule has 0 saturated carbocycles. The third-order valence-electron chi connectivity index (χ3n) is 13.5. The number of fused-ring (bicyclic) bond motifs is 12. The first-order valence-electron chi connectivity index (χ1n) is 21.9. The summed E-state index contributed by atoms with van der Waals surface area (Å²) in [5.41, 5.74) is 10.9. The fourth-order valence-electron chi connectivity index (χ4n) is 10.6. The van der Waals surface area contributed by atoms with Gasteiger partial charge in [0.1, 0.15) is 0 Å². The van der Waals surface area contributed by atoms with E-state index >= 15 is 0 Å². The molecule has 0 aliphatic carbocycles. The lowest BCUT2D eigenvalue weighted by Crippen LogP contribution is -2.00. The number of aromatic nitrogens is 4. The molecule has 0 fully saturated rings. The fraction of sp³-hybridized carbons (Fsp3) is 0. The van der Waals surface area contributed by atoms with E-state index in [1.807, 2.05) is 0 Å². The molecule has 0 aliphatic rings. The molecular formula is C60H36N4. The van der Waals surface area contributed by atoms with Gasteiger partial charge in [-0.1, -0.05) is 164 Å². The number of para-hydroxylation sites is 3. The number of benzene rings is 11. The van der Waals surface area contributed by atoms with Crippen LogP contribution in [0.5, 0.6) is 0 Å². The van der Waals surface area contributed by atoms with E-state index in [4.69, 9.17) is 9.97 Å². The molecule has 3 aromatic heterocycles. The Balaban J connectivity index is 1.04. The molecule has 14 aromatic rings. The summed E-state index contributed by atoms with van der Waals surface area (Å²) in [4.78, 5) is 10.8. The van der Waals surface area contributed by atoms with Crippen molar-refractivity contribution in [1.82, 2.24) is 19.1 Å². The highest BCUT2D eigenvalue weighted by atomic mass is 15.0. The van der Waals surface area contributed by atoms with Crippen LogP contribution >= 0.6 is 0 Å². The lowest BCUT2D eigenvalue weighted by Gasteiger charge is -2.17. The van der Waals surface area contributed by atoms with Crippen molar-refractivity contribution >= 4 is 97.6 Å². The molecule has 0 aliphatic heterocycles. The number of rotatable bonds is 4. The molecule has 0 N–H and O–H groups in total. The molecule has 0 unspecified atom stereocenters. The van der Waals surface area contributed by atoms with Crippen molar-refractivity contribution in [3.05, 3.63) is 218 Å². The van der Waals surface area contributed by atoms with Gasteiger partial charge in [-0.15, -0.1) is 0 Å². The van der Waals surface area contributed by atoms with Gasteiger partial charge in [0.05, 0.1) is 39.0 Å². The summed E-state index contributed by atoms with van der Waals surface area (Å²) >= 11 is 0. The minimum absolute atomic E-state index is 0.718. The van der Waals surface area contributed by atoms with Gasteiger partial charge in [-0.05, 0) is 92.3 Å². The molecule has 0 radical (unpaired) electrons. The van der Waals surface area contributed by atoms with E-state index in [2.05, 4.69) is 228 Å². The largest absolute Gasteiger partial charge is 0.309 e. The maximum atomic E-state index is 5.54. The second-order valence-electron chi connectivity index (χ2n) is 16.9. The summed E-state index contributed by atoms with van der Waals surface area (Å²) in [6.45, 7) is 0. The first-order chi connectivity index (χ1) is 31.7. The highest BCUT2D eigenvalue weighted by Gasteiger charge is 2.21. The van der Waals surface area contributed by atoms with Crippen LogP contribution < -0.4 is 0 Å². The Kier molecular flexibility index (Phi) is 7.36. The molecule has 4 nitrogen and oxygen atoms in total. The van der Waals surface area contributed by atoms with Crippen LogP contribution in [0.3, 0.4) is 0 Å². The van der Waals surface area contributed by atoms with Gasteiger partial charge in [-0.2, -0.15) is 0 Å². The van der Waals surface area contributed by atoms with Crippen LogP contribution in [0, 0.1) is 0 Å². The Bertz CT molecular complexity index is 4210. The van der Waals surface area contributed by atoms with Crippen molar-refractivity contribution in [2.45, 2.75) is 0 Å². The second kappa shape index (κ2) is 13.4. The molecule has 14 rings (SSSR count). The van der Waals surface area contributed by atoms with Crippen LogP contribution in [0.2, 0.25) is 0 Å². The van der Waals surface area contributed by atoms with E-state index in [1.165, 1.54) is 65.0 Å². The summed E-state index contributed by atoms with van der Waals surface area (Å²) in [7, 11) is 0. The average Bonchev–Trinajstić information content (AvgIpc) is 3.86. The van der Waals surface area contributed by atoms with Gasteiger partial charge in [0, 0.05) is 49.1 Å². The molecule has 0 saturated heterocycles. The zero-order valence-electron chi connectivity index (χ0n) is 34.6. The van der Waals surface area contributed by atoms with Crippen LogP contribution in [-0.2, 0) is 0 Å². The molecule has 0 bridgehead atoms. The van der Waals surface area contributed by atoms with Crippen molar-refractivity contribution < 1.29 is 0 Å². The minimum Gasteiger partial charge on any atom is -0.309 e. The van der Waals surface area contributed by atoms with E-state index in [1.54, 1.807) is 0 Å². The molecule has 296 valence electrons. The van der Waals surface area contributed by atoms with Crippen molar-refractivity contribution in [2.75, 3.05) is 0 Å². The summed E-state index contributed by atoms with van der Waals surface area (Å²) in [6.07, 6.45) is 0. The predicted octanol–water partition coefficient (Wildman–Crippen LogP) is 15.8. The Morgan fingerprint density at radius 3 is 1.58 bits per heavy atom. The zero-order valence-corrected chi connectivity index (χ0v) is 34.6. The molecule has 0 spiro atoms. The molecule has 64 heavy (non-hydrogen) atoms. The normalized spacial score (nSPS) is 12.1. The van der Waals surface area contributed by atoms with Gasteiger partial charge in [0.25, 0.3) is 0 Å². The third-order valence-corrected chi connectivity index (χ3v) is 13.5. The van der Waals surface area contributed by atoms with Crippen molar-refractivity contribution in [3.63, 3.8) is 0 Å². The predicted molar refractivity (Wildman–Crippen MR) is 269 cm³/mol. The van der Waals surface area contributed by atoms with Crippen molar-refractivity contribution in [2.24, 2.45) is 0 Å². The quantitative estimate of drug-likeness (QED) is 0.166. The smallest absolute Gasteiger partial charge is 0.161 e. The standard InChI is InChI=1S/C60H36N4/c1-2-16-38-35-57-51(33-37(38)15-1)48-30-29-40(63-54-27-13-10-23-46(54)47-24-11-14-28-55(47)63)36-58(48)64(57)56-32-31-49(44-21-7-8-22-45(44)56)59-50-25-9-12-26-53(50)61-60(62-59)52-34-39-17-3-4-18-41(39)42-19-5-6-20-43(42)52/h1-36H. The van der Waals surface area contributed by atoms with Crippen LogP contribution in [-0.4, -0.2) is 19.1 Å². The van der Waals surface area contributed by atoms with Gasteiger partial charge < -0.3 is 9.13 Å². The van der Waals surface area contributed by atoms with E-state index in [9.17, 15) is 0 Å². The number of hydrogen-bond donors (Lipinski definition) is 0. The van der Waals surface area contributed by atoms with E-state index < -0.39 is 0 Å². The average molecular weight is 813 g/mol. The summed E-state index contributed by atoms with van der Waals surface area (Å²) < 4.78 is 4.91. The minimum atomic E-state index is 0.718. The van der Waals surface area contributed by atoms with Gasteiger partial charge in [-0.3, -0.25) is 0 Å². The van der Waals surface area contributed by atoms with Gasteiger partial charge in [0.2, 0.25) is 0 Å². The summed E-state index contributed by atoms with van der Waals surface area (Å²) in [5.74, 6) is 0.718. The molecular weight excluding hydrogens is 777 g/mol. The lowest BCUT2D eigenvalue weighted by atomic mass is 9.95. The third kappa shape index (κ3) is 5.05. The van der Waals surface area contributed by atoms with E-state index in [0.717, 1.165) is 66.6 Å². The lowest BCUT2D eigenvalue weighted by molar-refractivity contribution is 1.16. The first-order valence-corrected chi connectivity index (χ1v) is 21.9. The Hall–Kier alpha value is -8.60. The van der Waals surface area contributed by atoms with Crippen LogP contribution in [0.4, 0.5) is 0 Å². The molecule has 0 atom stereocenters. The zero-order chi connectivity index (χ0) is 41.9. The molecule has 0 amide bonds. The number of nitrogens with zero attached hydrogens (tertiary/aromatic N) is 4. The fourth-order valence-corrected chi connectivity index (χ4v) is 10.6. The van der Waals surface area contributed by atoms with E-state index in [-0.39, 0.29) is 0 Å². The SMILES string of the molecule is c1ccc2cc3c(cc2c1)c1ccc(-n2c4ccccc4c4ccccc42)cc1n3-c1ccc(-c2nc(-c3cc4ccccc4c4ccccc34)nc3ccccc23)c2ccccc12. The van der Waals surface area contributed by atoms with Crippen molar-refractivity contribution in [1.29, 1.82) is 0 Å². The monoisotopic (exact) mass is 812 g/mol. The first kappa shape index (κ1) is 35.0. The van der Waals surface area contributed by atoms with Gasteiger partial charge >= 0.3 is 0 Å². The highest BCUT2D eigenvalue weighted by Crippen LogP contribution is 2.43. The maximum Gasteiger partial charge on any atom is 0.161 e. The summed E-state index contributed by atoms with van der Waals surface area (Å²) in [5, 5.41) is 15.4. The number of hydrogen-bond acceptors (Lipinski definition) is 2. The van der Waals surface area contributed by atoms with E-state index in [0.29, 0.717) is 0 Å². The molecule has 4 heteroatoms. The van der Waals surface area contributed by atoms with Crippen LogP contribution in [0.25, 0.3) is 132 Å². The van der Waals surface area contributed by atoms with Crippen LogP contribution in [0.1, 0.15) is 0 Å². The summed E-state index contributed by atoms with van der Waals surface area (Å²) in [6, 6.07) is 79.3. The molecule has 3 heterocycles. The highest BCUT2D eigenvalue weighted by molar-refractivity contribution is 6.17.